The fourth-order valence-electron chi connectivity index (χ4n) is 1.64. The largest absolute Gasteiger partial charge is 0.492 e. The lowest BCUT2D eigenvalue weighted by atomic mass is 10.1. The molecule has 0 atom stereocenters. The van der Waals surface area contributed by atoms with E-state index >= 15 is 0 Å². The number of alkyl halides is 4. The highest BCUT2D eigenvalue weighted by Crippen LogP contribution is 2.28. The van der Waals surface area contributed by atoms with Crippen molar-refractivity contribution in [3.05, 3.63) is 23.8 Å². The van der Waals surface area contributed by atoms with Crippen molar-refractivity contribution in [1.82, 2.24) is 0 Å². The third-order valence-corrected chi connectivity index (χ3v) is 2.91. The van der Waals surface area contributed by atoms with Crippen molar-refractivity contribution in [1.29, 1.82) is 0 Å². The Morgan fingerprint density at radius 2 is 2.00 bits per heavy atom. The molecule has 0 unspecified atom stereocenters. The van der Waals surface area contributed by atoms with Crippen LogP contribution in [-0.4, -0.2) is 30.4 Å². The van der Waals surface area contributed by atoms with Crippen LogP contribution in [0.5, 0.6) is 5.75 Å². The van der Waals surface area contributed by atoms with Gasteiger partial charge in [-0.1, -0.05) is 0 Å². The summed E-state index contributed by atoms with van der Waals surface area (Å²) in [4.78, 5) is 22.8. The van der Waals surface area contributed by atoms with Gasteiger partial charge in [-0.15, -0.1) is 11.6 Å². The molecule has 1 amide bonds. The molecule has 122 valence electrons. The molecule has 4 nitrogen and oxygen atoms in total. The molecule has 1 aromatic rings. The molecule has 1 rings (SSSR count). The summed E-state index contributed by atoms with van der Waals surface area (Å²) in [7, 11) is 0. The molecule has 0 radical (unpaired) electrons. The van der Waals surface area contributed by atoms with E-state index < -0.39 is 12.1 Å². The van der Waals surface area contributed by atoms with Crippen molar-refractivity contribution < 1.29 is 27.5 Å². The Balaban J connectivity index is 2.99. The van der Waals surface area contributed by atoms with Crippen molar-refractivity contribution in [3.8, 4) is 5.75 Å². The van der Waals surface area contributed by atoms with Crippen LogP contribution in [0.25, 0.3) is 0 Å². The van der Waals surface area contributed by atoms with Crippen LogP contribution in [0.4, 0.5) is 18.9 Å². The zero-order valence-corrected chi connectivity index (χ0v) is 12.6. The van der Waals surface area contributed by atoms with Crippen LogP contribution in [0.3, 0.4) is 0 Å². The average molecular weight is 338 g/mol. The van der Waals surface area contributed by atoms with Crippen molar-refractivity contribution in [2.45, 2.75) is 25.9 Å². The van der Waals surface area contributed by atoms with Gasteiger partial charge in [0.1, 0.15) is 5.75 Å². The van der Waals surface area contributed by atoms with Gasteiger partial charge in [0.15, 0.2) is 5.78 Å². The lowest BCUT2D eigenvalue weighted by Crippen LogP contribution is -2.30. The van der Waals surface area contributed by atoms with Crippen LogP contribution < -0.4 is 10.1 Å². The van der Waals surface area contributed by atoms with E-state index in [-0.39, 0.29) is 30.2 Å². The zero-order valence-electron chi connectivity index (χ0n) is 11.8. The number of ether oxygens (including phenoxy) is 1. The molecule has 0 saturated carbocycles. The summed E-state index contributed by atoms with van der Waals surface area (Å²) < 4.78 is 42.0. The van der Waals surface area contributed by atoms with Crippen LogP contribution in [0.2, 0.25) is 0 Å². The molecule has 0 bridgehead atoms. The second-order valence-corrected chi connectivity index (χ2v) is 4.69. The quantitative estimate of drug-likeness (QED) is 0.608. The van der Waals surface area contributed by atoms with Crippen molar-refractivity contribution >= 4 is 29.0 Å². The molecule has 0 fully saturated rings. The third kappa shape index (κ3) is 5.22. The standard InChI is InChI=1S/C14H15ClF3NO3/c1-2-22-12-8-9(11(20)4-3-7-15)5-6-10(12)19-13(21)14(16,17)18/h5-6,8H,2-4,7H2,1H3,(H,19,21). The maximum atomic E-state index is 12.3. The van der Waals surface area contributed by atoms with Crippen molar-refractivity contribution in [2.24, 2.45) is 0 Å². The minimum absolute atomic E-state index is 0.0109. The van der Waals surface area contributed by atoms with E-state index in [2.05, 4.69) is 0 Å². The lowest BCUT2D eigenvalue weighted by Gasteiger charge is -2.14. The molecule has 0 aliphatic rings. The molecule has 1 aromatic carbocycles. The second kappa shape index (κ2) is 8.03. The van der Waals surface area contributed by atoms with Gasteiger partial charge >= 0.3 is 12.1 Å². The van der Waals surface area contributed by atoms with Gasteiger partial charge in [-0.05, 0) is 31.5 Å². The normalized spacial score (nSPS) is 11.1. The summed E-state index contributed by atoms with van der Waals surface area (Å²) >= 11 is 5.51. The summed E-state index contributed by atoms with van der Waals surface area (Å²) in [5.74, 6) is -1.95. The number of halogens is 4. The molecule has 8 heteroatoms. The molecule has 0 heterocycles. The van der Waals surface area contributed by atoms with Crippen LogP contribution in [-0.2, 0) is 4.79 Å². The number of benzene rings is 1. The number of carbonyl (C=O) groups excluding carboxylic acids is 2. The molecule has 0 aliphatic carbocycles. The van der Waals surface area contributed by atoms with Crippen molar-refractivity contribution in [2.75, 3.05) is 17.8 Å². The molecule has 0 aliphatic heterocycles. The van der Waals surface area contributed by atoms with Crippen molar-refractivity contribution in [3.63, 3.8) is 0 Å². The number of rotatable bonds is 7. The van der Waals surface area contributed by atoms with Gasteiger partial charge in [-0.2, -0.15) is 13.2 Å². The minimum atomic E-state index is -5.00. The smallest absolute Gasteiger partial charge is 0.471 e. The monoisotopic (exact) mass is 337 g/mol. The Morgan fingerprint density at radius 1 is 1.32 bits per heavy atom. The summed E-state index contributed by atoms with van der Waals surface area (Å²) in [6, 6.07) is 3.86. The highest BCUT2D eigenvalue weighted by atomic mass is 35.5. The van der Waals surface area contributed by atoms with Crippen LogP contribution in [0.15, 0.2) is 18.2 Å². The fraction of sp³-hybridized carbons (Fsp3) is 0.429. The Hall–Kier alpha value is -1.76. The highest BCUT2D eigenvalue weighted by molar-refractivity contribution is 6.18. The molecule has 0 saturated heterocycles. The maximum Gasteiger partial charge on any atom is 0.471 e. The number of hydrogen-bond acceptors (Lipinski definition) is 3. The molecule has 0 aromatic heterocycles. The predicted molar refractivity (Wildman–Crippen MR) is 76.6 cm³/mol. The zero-order chi connectivity index (χ0) is 16.8. The number of anilines is 1. The van der Waals surface area contributed by atoms with Gasteiger partial charge in [-0.25, -0.2) is 0 Å². The Labute approximate surface area is 130 Å². The van der Waals surface area contributed by atoms with Gasteiger partial charge in [0, 0.05) is 17.9 Å². The van der Waals surface area contributed by atoms with Crippen LogP contribution in [0.1, 0.15) is 30.1 Å². The van der Waals surface area contributed by atoms with E-state index in [0.29, 0.717) is 17.9 Å². The van der Waals surface area contributed by atoms with Gasteiger partial charge in [0.2, 0.25) is 0 Å². The van der Waals surface area contributed by atoms with E-state index in [9.17, 15) is 22.8 Å². The number of nitrogens with one attached hydrogen (secondary N) is 1. The van der Waals surface area contributed by atoms with Crippen LogP contribution >= 0.6 is 11.6 Å². The molecular formula is C14H15ClF3NO3. The van der Waals surface area contributed by atoms with Crippen LogP contribution in [0, 0.1) is 0 Å². The Bertz CT molecular complexity index is 547. The highest BCUT2D eigenvalue weighted by Gasteiger charge is 2.39. The van der Waals surface area contributed by atoms with Gasteiger partial charge in [-0.3, -0.25) is 9.59 Å². The molecule has 0 spiro atoms. The number of carbonyl (C=O) groups is 2. The van der Waals surface area contributed by atoms with Gasteiger partial charge in [0.25, 0.3) is 0 Å². The van der Waals surface area contributed by atoms with E-state index in [1.165, 1.54) is 18.2 Å². The molecule has 22 heavy (non-hydrogen) atoms. The molecule has 1 N–H and O–H groups in total. The summed E-state index contributed by atoms with van der Waals surface area (Å²) in [6.07, 6.45) is -4.28. The fourth-order valence-corrected chi connectivity index (χ4v) is 1.77. The van der Waals surface area contributed by atoms with E-state index in [0.717, 1.165) is 0 Å². The average Bonchev–Trinajstić information content (AvgIpc) is 2.45. The third-order valence-electron chi connectivity index (χ3n) is 2.65. The van der Waals surface area contributed by atoms with E-state index in [1.807, 2.05) is 0 Å². The first kappa shape index (κ1) is 18.3. The van der Waals surface area contributed by atoms with E-state index in [4.69, 9.17) is 16.3 Å². The SMILES string of the molecule is CCOc1cc(C(=O)CCCCl)ccc1NC(=O)C(F)(F)F. The first-order valence-electron chi connectivity index (χ1n) is 6.53. The summed E-state index contributed by atoms with van der Waals surface area (Å²) in [5, 5.41) is 1.72. The predicted octanol–water partition coefficient (Wildman–Crippen LogP) is 3.79. The summed E-state index contributed by atoms with van der Waals surface area (Å²) in [5.41, 5.74) is 0.150. The summed E-state index contributed by atoms with van der Waals surface area (Å²) in [6.45, 7) is 1.81. The van der Waals surface area contributed by atoms with Gasteiger partial charge < -0.3 is 10.1 Å². The lowest BCUT2D eigenvalue weighted by molar-refractivity contribution is -0.167. The Kier molecular flexibility index (Phi) is 6.67. The molecular weight excluding hydrogens is 323 g/mol. The Morgan fingerprint density at radius 3 is 2.55 bits per heavy atom. The minimum Gasteiger partial charge on any atom is -0.492 e. The van der Waals surface area contributed by atoms with E-state index in [1.54, 1.807) is 12.2 Å². The first-order valence-corrected chi connectivity index (χ1v) is 7.07. The number of Topliss-reactive ketones (excluding diaryl/α,β-unsaturated/α-hetero) is 1. The van der Waals surface area contributed by atoms with Gasteiger partial charge in [0.05, 0.1) is 12.3 Å². The maximum absolute atomic E-state index is 12.3. The number of hydrogen-bond donors (Lipinski definition) is 1. The number of ketones is 1. The second-order valence-electron chi connectivity index (χ2n) is 4.31. The topological polar surface area (TPSA) is 55.4 Å². The first-order chi connectivity index (χ1) is 10.3. The number of amides is 1.